The van der Waals surface area contributed by atoms with Gasteiger partial charge in [0.1, 0.15) is 0 Å². The monoisotopic (exact) mass is 302 g/mol. The maximum absolute atomic E-state index is 10.9. The van der Waals surface area contributed by atoms with E-state index < -0.39 is 0 Å². The summed E-state index contributed by atoms with van der Waals surface area (Å²) >= 11 is 4.04. The Morgan fingerprint density at radius 1 is 1.21 bits per heavy atom. The number of hydrogen-bond donors (Lipinski definition) is 1. The van der Waals surface area contributed by atoms with Crippen molar-refractivity contribution in [2.75, 3.05) is 23.9 Å². The van der Waals surface area contributed by atoms with E-state index in [0.717, 1.165) is 19.4 Å². The van der Waals surface area contributed by atoms with Gasteiger partial charge in [-0.3, -0.25) is 0 Å². The number of aliphatic hydroxyl groups is 1. The van der Waals surface area contributed by atoms with Gasteiger partial charge in [-0.05, 0) is 68.6 Å². The maximum Gasteiger partial charge on any atom is 0.0714 e. The van der Waals surface area contributed by atoms with E-state index in [4.69, 9.17) is 4.74 Å². The molecule has 3 unspecified atom stereocenters. The summed E-state index contributed by atoms with van der Waals surface area (Å²) in [6.45, 7) is 3.13. The molecule has 3 heterocycles. The Morgan fingerprint density at radius 2 is 2.00 bits per heavy atom. The highest BCUT2D eigenvalue weighted by Crippen LogP contribution is 2.47. The number of aliphatic hydroxyl groups excluding tert-OH is 1. The van der Waals surface area contributed by atoms with Crippen molar-refractivity contribution >= 4 is 23.5 Å². The number of ether oxygens (including phenoxy) is 1. The summed E-state index contributed by atoms with van der Waals surface area (Å²) in [6, 6.07) is 0. The molecule has 3 aliphatic rings. The van der Waals surface area contributed by atoms with E-state index >= 15 is 0 Å². The van der Waals surface area contributed by atoms with Crippen molar-refractivity contribution in [3.63, 3.8) is 0 Å². The largest absolute Gasteiger partial charge is 0.391 e. The van der Waals surface area contributed by atoms with Crippen LogP contribution in [0.2, 0.25) is 0 Å². The molecule has 0 aromatic heterocycles. The van der Waals surface area contributed by atoms with Crippen molar-refractivity contribution in [1.29, 1.82) is 0 Å². The van der Waals surface area contributed by atoms with Crippen LogP contribution in [-0.4, -0.2) is 45.4 Å². The Labute approximate surface area is 125 Å². The molecule has 0 radical (unpaired) electrons. The summed E-state index contributed by atoms with van der Waals surface area (Å²) in [5, 5.41) is 10.9. The predicted molar refractivity (Wildman–Crippen MR) is 84.1 cm³/mol. The topological polar surface area (TPSA) is 29.5 Å². The second kappa shape index (κ2) is 5.78. The molecule has 3 atom stereocenters. The molecule has 3 aliphatic heterocycles. The van der Waals surface area contributed by atoms with Gasteiger partial charge in [0.25, 0.3) is 0 Å². The first-order chi connectivity index (χ1) is 9.14. The summed E-state index contributed by atoms with van der Waals surface area (Å²) in [5.74, 6) is 4.13. The Bertz CT molecular complexity index is 304. The lowest BCUT2D eigenvalue weighted by atomic mass is 9.76. The second-order valence-corrected chi connectivity index (χ2v) is 9.46. The molecule has 0 amide bonds. The minimum Gasteiger partial charge on any atom is -0.391 e. The number of hydrogen-bond acceptors (Lipinski definition) is 4. The van der Waals surface area contributed by atoms with Crippen molar-refractivity contribution in [1.82, 2.24) is 0 Å². The highest BCUT2D eigenvalue weighted by Gasteiger charge is 2.46. The SMILES string of the molecule is CC1(C(O)C2CCOC3(CCSCC3)C2)CCCS1. The zero-order chi connectivity index (χ0) is 13.3. The molecular formula is C15H26O2S2. The van der Waals surface area contributed by atoms with Gasteiger partial charge in [0.05, 0.1) is 11.7 Å². The fraction of sp³-hybridized carbons (Fsp3) is 1.00. The second-order valence-electron chi connectivity index (χ2n) is 6.61. The first kappa shape index (κ1) is 14.6. The lowest BCUT2D eigenvalue weighted by molar-refractivity contribution is -0.124. The van der Waals surface area contributed by atoms with Crippen LogP contribution in [0.15, 0.2) is 0 Å². The van der Waals surface area contributed by atoms with Crippen LogP contribution in [0.25, 0.3) is 0 Å². The first-order valence-corrected chi connectivity index (χ1v) is 9.81. The highest BCUT2D eigenvalue weighted by atomic mass is 32.2. The predicted octanol–water partition coefficient (Wildman–Crippen LogP) is 3.33. The molecule has 1 spiro atoms. The Balaban J connectivity index is 1.67. The van der Waals surface area contributed by atoms with Crippen LogP contribution >= 0.6 is 23.5 Å². The first-order valence-electron chi connectivity index (χ1n) is 7.67. The van der Waals surface area contributed by atoms with Gasteiger partial charge < -0.3 is 9.84 Å². The molecule has 1 N–H and O–H groups in total. The van der Waals surface area contributed by atoms with Crippen molar-refractivity contribution in [2.24, 2.45) is 5.92 Å². The van der Waals surface area contributed by atoms with Gasteiger partial charge in [-0.1, -0.05) is 0 Å². The molecule has 3 fully saturated rings. The van der Waals surface area contributed by atoms with Crippen molar-refractivity contribution in [3.8, 4) is 0 Å². The lowest BCUT2D eigenvalue weighted by Crippen LogP contribution is -2.49. The molecule has 0 aromatic rings. The third-order valence-corrected chi connectivity index (χ3v) is 7.84. The quantitative estimate of drug-likeness (QED) is 0.847. The molecule has 19 heavy (non-hydrogen) atoms. The lowest BCUT2D eigenvalue weighted by Gasteiger charge is -2.46. The smallest absolute Gasteiger partial charge is 0.0714 e. The van der Waals surface area contributed by atoms with Crippen LogP contribution in [0.1, 0.15) is 45.4 Å². The Morgan fingerprint density at radius 3 is 2.68 bits per heavy atom. The molecule has 0 saturated carbocycles. The summed E-state index contributed by atoms with van der Waals surface area (Å²) in [6.07, 6.45) is 6.81. The van der Waals surface area contributed by atoms with E-state index in [1.807, 2.05) is 11.8 Å². The molecule has 0 aliphatic carbocycles. The third-order valence-electron chi connectivity index (χ3n) is 5.26. The average molecular weight is 303 g/mol. The summed E-state index contributed by atoms with van der Waals surface area (Å²) in [7, 11) is 0. The molecule has 0 aromatic carbocycles. The molecule has 0 bridgehead atoms. The highest BCUT2D eigenvalue weighted by molar-refractivity contribution is 8.00. The van der Waals surface area contributed by atoms with Gasteiger partial charge in [-0.15, -0.1) is 0 Å². The molecule has 110 valence electrons. The van der Waals surface area contributed by atoms with Crippen LogP contribution in [-0.2, 0) is 4.74 Å². The Hall–Kier alpha value is 0.620. The standard InChI is InChI=1S/C15H26O2S2/c1-14(4-2-8-19-14)13(16)12-3-7-17-15(11-12)5-9-18-10-6-15/h12-13,16H,2-11H2,1H3. The van der Waals surface area contributed by atoms with Crippen LogP contribution in [0.5, 0.6) is 0 Å². The fourth-order valence-electron chi connectivity index (χ4n) is 3.96. The van der Waals surface area contributed by atoms with E-state index in [9.17, 15) is 5.11 Å². The number of rotatable bonds is 2. The summed E-state index contributed by atoms with van der Waals surface area (Å²) in [5.41, 5.74) is 0.106. The molecule has 3 saturated heterocycles. The zero-order valence-electron chi connectivity index (χ0n) is 11.9. The third kappa shape index (κ3) is 2.97. The molecule has 4 heteroatoms. The fourth-order valence-corrected chi connectivity index (χ4v) is 6.60. The van der Waals surface area contributed by atoms with E-state index in [1.54, 1.807) is 0 Å². The van der Waals surface area contributed by atoms with Crippen LogP contribution in [0, 0.1) is 5.92 Å². The van der Waals surface area contributed by atoms with E-state index in [-0.39, 0.29) is 16.5 Å². The maximum atomic E-state index is 10.9. The van der Waals surface area contributed by atoms with Crippen LogP contribution < -0.4 is 0 Å². The van der Waals surface area contributed by atoms with Gasteiger partial charge >= 0.3 is 0 Å². The molecule has 3 rings (SSSR count). The van der Waals surface area contributed by atoms with Crippen molar-refractivity contribution in [3.05, 3.63) is 0 Å². The normalized spacial score (nSPS) is 40.4. The molecular weight excluding hydrogens is 276 g/mol. The van der Waals surface area contributed by atoms with Gasteiger partial charge in [-0.2, -0.15) is 23.5 Å². The van der Waals surface area contributed by atoms with E-state index in [0.29, 0.717) is 5.92 Å². The van der Waals surface area contributed by atoms with Crippen LogP contribution in [0.4, 0.5) is 0 Å². The zero-order valence-corrected chi connectivity index (χ0v) is 13.5. The van der Waals surface area contributed by atoms with Gasteiger partial charge in [0.2, 0.25) is 0 Å². The minimum atomic E-state index is -0.143. The van der Waals surface area contributed by atoms with Gasteiger partial charge in [-0.25, -0.2) is 0 Å². The van der Waals surface area contributed by atoms with Gasteiger partial charge in [0, 0.05) is 11.4 Å². The van der Waals surface area contributed by atoms with Gasteiger partial charge in [0.15, 0.2) is 0 Å². The summed E-state index contributed by atoms with van der Waals surface area (Å²) < 4.78 is 6.25. The van der Waals surface area contributed by atoms with Crippen molar-refractivity contribution in [2.45, 2.75) is 61.9 Å². The van der Waals surface area contributed by atoms with E-state index in [2.05, 4.69) is 18.7 Å². The Kier molecular flexibility index (Phi) is 4.43. The van der Waals surface area contributed by atoms with E-state index in [1.165, 1.54) is 42.9 Å². The van der Waals surface area contributed by atoms with Crippen LogP contribution in [0.3, 0.4) is 0 Å². The van der Waals surface area contributed by atoms with Crippen molar-refractivity contribution < 1.29 is 9.84 Å². The number of thioether (sulfide) groups is 2. The molecule has 2 nitrogen and oxygen atoms in total. The minimum absolute atomic E-state index is 0.104. The average Bonchev–Trinajstić information content (AvgIpc) is 2.87. The summed E-state index contributed by atoms with van der Waals surface area (Å²) in [4.78, 5) is 0.